The first kappa shape index (κ1) is 18.9. The van der Waals surface area contributed by atoms with E-state index in [9.17, 15) is 0 Å². The van der Waals surface area contributed by atoms with Crippen molar-refractivity contribution in [1.82, 2.24) is 14.8 Å². The van der Waals surface area contributed by atoms with Crippen molar-refractivity contribution in [3.63, 3.8) is 0 Å². The highest BCUT2D eigenvalue weighted by Crippen LogP contribution is 2.33. The van der Waals surface area contributed by atoms with Gasteiger partial charge in [0.2, 0.25) is 0 Å². The summed E-state index contributed by atoms with van der Waals surface area (Å²) in [6.45, 7) is 7.34. The number of hydrogen-bond acceptors (Lipinski definition) is 2. The van der Waals surface area contributed by atoms with E-state index in [1.54, 1.807) is 0 Å². The normalized spacial score (nSPS) is 18.5. The molecule has 1 saturated heterocycles. The summed E-state index contributed by atoms with van der Waals surface area (Å²) in [6.07, 6.45) is 8.89. The molecule has 152 valence electrons. The van der Waals surface area contributed by atoms with E-state index in [1.165, 1.54) is 85.9 Å². The van der Waals surface area contributed by atoms with Crippen LogP contribution in [0.4, 0.5) is 0 Å². The number of likely N-dealkylation sites (tertiary alicyclic amines) is 1. The molecule has 0 spiro atoms. The number of aromatic amines is 1. The number of rotatable bonds is 7. The van der Waals surface area contributed by atoms with Crippen LogP contribution in [0.1, 0.15) is 54.7 Å². The van der Waals surface area contributed by atoms with Crippen LogP contribution in [0.5, 0.6) is 0 Å². The standard InChI is InChI=1S/C26H33N3/c1(7-15-29-19-22-8-2-3-9-23(22)20-29)6-14-28-16-12-21(13-17-28)25-18-27-26-11-5-4-10-24(25)26/h2-5,8-11,18,21,27H,1,6-7,12-17,19-20H2. The van der Waals surface area contributed by atoms with Crippen molar-refractivity contribution >= 4 is 10.9 Å². The Morgan fingerprint density at radius 3 is 2.17 bits per heavy atom. The number of nitrogens with one attached hydrogen (secondary N) is 1. The summed E-state index contributed by atoms with van der Waals surface area (Å²) in [5.41, 5.74) is 5.88. The quantitative estimate of drug-likeness (QED) is 0.538. The van der Waals surface area contributed by atoms with Crippen LogP contribution in [-0.4, -0.2) is 41.0 Å². The maximum absolute atomic E-state index is 3.46. The summed E-state index contributed by atoms with van der Waals surface area (Å²) in [6, 6.07) is 17.7. The number of hydrogen-bond donors (Lipinski definition) is 1. The van der Waals surface area contributed by atoms with Gasteiger partial charge in [0.15, 0.2) is 0 Å². The Hall–Kier alpha value is -2.10. The lowest BCUT2D eigenvalue weighted by Crippen LogP contribution is -2.33. The molecule has 3 nitrogen and oxygen atoms in total. The lowest BCUT2D eigenvalue weighted by molar-refractivity contribution is 0.206. The van der Waals surface area contributed by atoms with E-state index in [0.29, 0.717) is 0 Å². The number of aromatic nitrogens is 1. The molecule has 3 heterocycles. The molecule has 2 aromatic carbocycles. The minimum Gasteiger partial charge on any atom is -0.361 e. The van der Waals surface area contributed by atoms with Crippen molar-refractivity contribution in [2.45, 2.75) is 51.1 Å². The summed E-state index contributed by atoms with van der Waals surface area (Å²) >= 11 is 0. The Morgan fingerprint density at radius 1 is 0.759 bits per heavy atom. The molecule has 5 rings (SSSR count). The van der Waals surface area contributed by atoms with Gasteiger partial charge in [0.05, 0.1) is 0 Å². The maximum atomic E-state index is 3.46. The third kappa shape index (κ3) is 4.26. The Morgan fingerprint density at radius 2 is 1.41 bits per heavy atom. The van der Waals surface area contributed by atoms with Crippen LogP contribution in [0.2, 0.25) is 0 Å². The van der Waals surface area contributed by atoms with Crippen LogP contribution >= 0.6 is 0 Å². The minimum atomic E-state index is 0.721. The molecule has 2 aliphatic rings. The van der Waals surface area contributed by atoms with Gasteiger partial charge in [-0.25, -0.2) is 0 Å². The van der Waals surface area contributed by atoms with E-state index in [0.717, 1.165) is 19.0 Å². The first-order valence-electron chi connectivity index (χ1n) is 11.4. The molecule has 3 aromatic rings. The van der Waals surface area contributed by atoms with Gasteiger partial charge in [0.1, 0.15) is 0 Å². The second-order valence-corrected chi connectivity index (χ2v) is 8.95. The molecule has 1 N–H and O–H groups in total. The first-order valence-corrected chi connectivity index (χ1v) is 11.4. The molecule has 0 amide bonds. The van der Waals surface area contributed by atoms with Gasteiger partial charge in [-0.15, -0.1) is 0 Å². The zero-order valence-electron chi connectivity index (χ0n) is 17.4. The van der Waals surface area contributed by atoms with E-state index < -0.39 is 0 Å². The van der Waals surface area contributed by atoms with Crippen molar-refractivity contribution in [1.29, 1.82) is 0 Å². The van der Waals surface area contributed by atoms with Crippen LogP contribution < -0.4 is 0 Å². The molecule has 3 heteroatoms. The van der Waals surface area contributed by atoms with Gasteiger partial charge in [0.25, 0.3) is 0 Å². The minimum absolute atomic E-state index is 0.721. The highest BCUT2D eigenvalue weighted by molar-refractivity contribution is 5.83. The largest absolute Gasteiger partial charge is 0.361 e. The van der Waals surface area contributed by atoms with Crippen molar-refractivity contribution in [2.24, 2.45) is 0 Å². The molecule has 1 fully saturated rings. The third-order valence-corrected chi connectivity index (χ3v) is 7.00. The number of para-hydroxylation sites is 1. The lowest BCUT2D eigenvalue weighted by Gasteiger charge is -2.32. The summed E-state index contributed by atoms with van der Waals surface area (Å²) in [7, 11) is 0. The van der Waals surface area contributed by atoms with E-state index >= 15 is 0 Å². The molecule has 29 heavy (non-hydrogen) atoms. The van der Waals surface area contributed by atoms with Gasteiger partial charge in [-0.3, -0.25) is 4.90 Å². The number of unbranched alkanes of at least 4 members (excludes halogenated alkanes) is 2. The predicted octanol–water partition coefficient (Wildman–Crippen LogP) is 5.53. The zero-order chi connectivity index (χ0) is 19.5. The van der Waals surface area contributed by atoms with Gasteiger partial charge in [-0.05, 0) is 80.5 Å². The Labute approximate surface area is 174 Å². The molecular weight excluding hydrogens is 354 g/mol. The van der Waals surface area contributed by atoms with Gasteiger partial charge in [0, 0.05) is 30.2 Å². The van der Waals surface area contributed by atoms with E-state index in [-0.39, 0.29) is 0 Å². The number of nitrogens with zero attached hydrogens (tertiary/aromatic N) is 2. The fraction of sp³-hybridized carbons (Fsp3) is 0.462. The van der Waals surface area contributed by atoms with Gasteiger partial charge in [-0.2, -0.15) is 0 Å². The smallest absolute Gasteiger partial charge is 0.0456 e. The summed E-state index contributed by atoms with van der Waals surface area (Å²) in [5.74, 6) is 0.721. The molecule has 1 aromatic heterocycles. The summed E-state index contributed by atoms with van der Waals surface area (Å²) in [5, 5.41) is 1.43. The summed E-state index contributed by atoms with van der Waals surface area (Å²) in [4.78, 5) is 8.76. The number of fused-ring (bicyclic) bond motifs is 2. The third-order valence-electron chi connectivity index (χ3n) is 7.00. The van der Waals surface area contributed by atoms with Crippen molar-refractivity contribution < 1.29 is 0 Å². The van der Waals surface area contributed by atoms with E-state index in [2.05, 4.69) is 69.5 Å². The predicted molar refractivity (Wildman–Crippen MR) is 121 cm³/mol. The molecule has 0 bridgehead atoms. The maximum Gasteiger partial charge on any atom is 0.0456 e. The molecule has 0 unspecified atom stereocenters. The molecule has 2 aliphatic heterocycles. The Bertz CT molecular complexity index is 911. The number of piperidine rings is 1. The first-order chi connectivity index (χ1) is 14.4. The van der Waals surface area contributed by atoms with Crippen LogP contribution in [0, 0.1) is 0 Å². The number of benzene rings is 2. The average molecular weight is 388 g/mol. The lowest BCUT2D eigenvalue weighted by atomic mass is 9.89. The Kier molecular flexibility index (Phi) is 5.69. The van der Waals surface area contributed by atoms with E-state index in [4.69, 9.17) is 0 Å². The van der Waals surface area contributed by atoms with Crippen LogP contribution in [-0.2, 0) is 13.1 Å². The topological polar surface area (TPSA) is 22.3 Å². The van der Waals surface area contributed by atoms with Crippen molar-refractivity contribution in [3.8, 4) is 0 Å². The zero-order valence-corrected chi connectivity index (χ0v) is 17.4. The fourth-order valence-corrected chi connectivity index (χ4v) is 5.31. The van der Waals surface area contributed by atoms with Crippen molar-refractivity contribution in [2.75, 3.05) is 26.2 Å². The second kappa shape index (κ2) is 8.73. The fourth-order valence-electron chi connectivity index (χ4n) is 5.31. The van der Waals surface area contributed by atoms with Gasteiger partial charge >= 0.3 is 0 Å². The van der Waals surface area contributed by atoms with E-state index in [1.807, 2.05) is 0 Å². The average Bonchev–Trinajstić information content (AvgIpc) is 3.38. The number of H-pyrrole nitrogens is 1. The molecular formula is C26H33N3. The molecule has 0 radical (unpaired) electrons. The molecule has 0 aliphatic carbocycles. The monoisotopic (exact) mass is 387 g/mol. The SMILES string of the molecule is c1ccc2c(c1)CN(CCCCCN1CCC(c3c[nH]c4ccccc34)CC1)C2. The molecule has 0 saturated carbocycles. The highest BCUT2D eigenvalue weighted by Gasteiger charge is 2.22. The highest BCUT2D eigenvalue weighted by atomic mass is 15.1. The summed E-state index contributed by atoms with van der Waals surface area (Å²) < 4.78 is 0. The second-order valence-electron chi connectivity index (χ2n) is 8.95. The van der Waals surface area contributed by atoms with Gasteiger partial charge < -0.3 is 9.88 Å². The Balaban J connectivity index is 1.00. The van der Waals surface area contributed by atoms with Crippen molar-refractivity contribution in [3.05, 3.63) is 71.4 Å². The van der Waals surface area contributed by atoms with Crippen LogP contribution in [0.3, 0.4) is 0 Å². The molecule has 0 atom stereocenters. The van der Waals surface area contributed by atoms with Crippen LogP contribution in [0.25, 0.3) is 10.9 Å². The van der Waals surface area contributed by atoms with Gasteiger partial charge in [-0.1, -0.05) is 48.9 Å². The van der Waals surface area contributed by atoms with Crippen LogP contribution in [0.15, 0.2) is 54.7 Å².